The Morgan fingerprint density at radius 1 is 1.56 bits per heavy atom. The number of nitrogens with two attached hydrogens (primary N) is 1. The SMILES string of the molecule is CNC1(N)CCCCN1. The van der Waals surface area contributed by atoms with Crippen LogP contribution >= 0.6 is 0 Å². The minimum Gasteiger partial charge on any atom is -0.301 e. The molecule has 1 aliphatic heterocycles. The topological polar surface area (TPSA) is 50.1 Å². The number of rotatable bonds is 1. The average Bonchev–Trinajstić information content (AvgIpc) is 1.90. The molecule has 0 aromatic heterocycles. The maximum absolute atomic E-state index is 5.84. The molecule has 0 bridgehead atoms. The van der Waals surface area contributed by atoms with Crippen molar-refractivity contribution in [2.75, 3.05) is 13.6 Å². The smallest absolute Gasteiger partial charge is 0.120 e. The molecule has 54 valence electrons. The van der Waals surface area contributed by atoms with Crippen molar-refractivity contribution in [2.24, 2.45) is 5.73 Å². The molecule has 3 nitrogen and oxygen atoms in total. The molecule has 0 saturated carbocycles. The van der Waals surface area contributed by atoms with Gasteiger partial charge in [-0.1, -0.05) is 0 Å². The van der Waals surface area contributed by atoms with E-state index in [4.69, 9.17) is 5.73 Å². The van der Waals surface area contributed by atoms with E-state index >= 15 is 0 Å². The zero-order valence-electron chi connectivity index (χ0n) is 5.91. The van der Waals surface area contributed by atoms with Gasteiger partial charge in [-0.2, -0.15) is 0 Å². The van der Waals surface area contributed by atoms with E-state index in [1.807, 2.05) is 7.05 Å². The van der Waals surface area contributed by atoms with Crippen molar-refractivity contribution in [1.29, 1.82) is 0 Å². The molecule has 1 atom stereocenters. The highest BCUT2D eigenvalue weighted by atomic mass is 15.3. The predicted molar refractivity (Wildman–Crippen MR) is 37.8 cm³/mol. The van der Waals surface area contributed by atoms with Gasteiger partial charge in [0, 0.05) is 0 Å². The van der Waals surface area contributed by atoms with Gasteiger partial charge in [0.1, 0.15) is 5.79 Å². The highest BCUT2D eigenvalue weighted by Gasteiger charge is 2.23. The highest BCUT2D eigenvalue weighted by molar-refractivity contribution is 4.80. The second-order valence-electron chi connectivity index (χ2n) is 2.61. The van der Waals surface area contributed by atoms with Crippen LogP contribution in [0.2, 0.25) is 0 Å². The van der Waals surface area contributed by atoms with E-state index in [-0.39, 0.29) is 5.79 Å². The molecular formula is C6H15N3. The van der Waals surface area contributed by atoms with Gasteiger partial charge >= 0.3 is 0 Å². The molecule has 0 amide bonds. The molecule has 0 aromatic rings. The van der Waals surface area contributed by atoms with Crippen LogP contribution in [0.25, 0.3) is 0 Å². The minimum absolute atomic E-state index is 0.280. The van der Waals surface area contributed by atoms with E-state index < -0.39 is 0 Å². The zero-order valence-corrected chi connectivity index (χ0v) is 5.91. The first-order valence-corrected chi connectivity index (χ1v) is 3.50. The van der Waals surface area contributed by atoms with Crippen LogP contribution in [0.1, 0.15) is 19.3 Å². The standard InChI is InChI=1S/C6H15N3/c1-8-6(7)4-2-3-5-9-6/h8-9H,2-5,7H2,1H3. The molecule has 3 heteroatoms. The molecule has 1 saturated heterocycles. The Labute approximate surface area is 56.0 Å². The second-order valence-corrected chi connectivity index (χ2v) is 2.61. The lowest BCUT2D eigenvalue weighted by Crippen LogP contribution is -2.64. The van der Waals surface area contributed by atoms with Gasteiger partial charge in [-0.25, -0.2) is 0 Å². The quantitative estimate of drug-likeness (QED) is 0.422. The third-order valence-corrected chi connectivity index (χ3v) is 1.88. The molecule has 9 heavy (non-hydrogen) atoms. The summed E-state index contributed by atoms with van der Waals surface area (Å²) < 4.78 is 0. The first-order chi connectivity index (χ1) is 4.27. The van der Waals surface area contributed by atoms with Crippen molar-refractivity contribution in [3.8, 4) is 0 Å². The summed E-state index contributed by atoms with van der Waals surface area (Å²) in [7, 11) is 1.89. The molecule has 1 rings (SSSR count). The van der Waals surface area contributed by atoms with Gasteiger partial charge in [0.2, 0.25) is 0 Å². The van der Waals surface area contributed by atoms with E-state index in [0.29, 0.717) is 0 Å². The molecule has 1 aliphatic rings. The summed E-state index contributed by atoms with van der Waals surface area (Å²) in [5.74, 6) is -0.280. The molecule has 0 spiro atoms. The Morgan fingerprint density at radius 2 is 2.33 bits per heavy atom. The van der Waals surface area contributed by atoms with Crippen LogP contribution in [0, 0.1) is 0 Å². The number of nitrogens with one attached hydrogen (secondary N) is 2. The Hall–Kier alpha value is -0.120. The van der Waals surface area contributed by atoms with E-state index in [2.05, 4.69) is 10.6 Å². The monoisotopic (exact) mass is 129 g/mol. The van der Waals surface area contributed by atoms with Crippen LogP contribution in [-0.4, -0.2) is 19.4 Å². The van der Waals surface area contributed by atoms with Crippen molar-refractivity contribution >= 4 is 0 Å². The molecular weight excluding hydrogens is 114 g/mol. The van der Waals surface area contributed by atoms with Gasteiger partial charge in [-0.15, -0.1) is 0 Å². The van der Waals surface area contributed by atoms with Crippen molar-refractivity contribution in [3.63, 3.8) is 0 Å². The van der Waals surface area contributed by atoms with Crippen molar-refractivity contribution in [2.45, 2.75) is 25.0 Å². The molecule has 1 fully saturated rings. The lowest BCUT2D eigenvalue weighted by Gasteiger charge is -2.34. The summed E-state index contributed by atoms with van der Waals surface area (Å²) >= 11 is 0. The fourth-order valence-corrected chi connectivity index (χ4v) is 1.14. The van der Waals surface area contributed by atoms with E-state index in [0.717, 1.165) is 13.0 Å². The third-order valence-electron chi connectivity index (χ3n) is 1.88. The Morgan fingerprint density at radius 3 is 2.67 bits per heavy atom. The second kappa shape index (κ2) is 2.64. The van der Waals surface area contributed by atoms with Crippen molar-refractivity contribution in [1.82, 2.24) is 10.6 Å². The summed E-state index contributed by atoms with van der Waals surface area (Å²) in [6, 6.07) is 0. The number of piperidine rings is 1. The van der Waals surface area contributed by atoms with Crippen molar-refractivity contribution in [3.05, 3.63) is 0 Å². The number of hydrogen-bond acceptors (Lipinski definition) is 3. The molecule has 1 unspecified atom stereocenters. The van der Waals surface area contributed by atoms with Crippen LogP contribution in [-0.2, 0) is 0 Å². The molecule has 1 heterocycles. The van der Waals surface area contributed by atoms with Gasteiger partial charge in [0.15, 0.2) is 0 Å². The fraction of sp³-hybridized carbons (Fsp3) is 1.00. The predicted octanol–water partition coefficient (Wildman–Crippen LogP) is -0.408. The Kier molecular flexibility index (Phi) is 2.05. The van der Waals surface area contributed by atoms with Gasteiger partial charge < -0.3 is 5.73 Å². The summed E-state index contributed by atoms with van der Waals surface area (Å²) in [6.45, 7) is 1.04. The summed E-state index contributed by atoms with van der Waals surface area (Å²) in [5.41, 5.74) is 5.84. The average molecular weight is 129 g/mol. The Bertz CT molecular complexity index is 86.3. The van der Waals surface area contributed by atoms with Crippen LogP contribution in [0.5, 0.6) is 0 Å². The largest absolute Gasteiger partial charge is 0.301 e. The Balaban J connectivity index is 2.37. The molecule has 0 radical (unpaired) electrons. The summed E-state index contributed by atoms with van der Waals surface area (Å²) in [6.07, 6.45) is 3.51. The highest BCUT2D eigenvalue weighted by Crippen LogP contribution is 2.09. The van der Waals surface area contributed by atoms with Gasteiger partial charge in [0.25, 0.3) is 0 Å². The lowest BCUT2D eigenvalue weighted by atomic mass is 10.1. The zero-order chi connectivity index (χ0) is 6.74. The van der Waals surface area contributed by atoms with Crippen LogP contribution in [0.4, 0.5) is 0 Å². The normalized spacial score (nSPS) is 36.7. The minimum atomic E-state index is -0.280. The summed E-state index contributed by atoms with van der Waals surface area (Å²) in [5, 5.41) is 6.26. The first-order valence-electron chi connectivity index (χ1n) is 3.50. The first kappa shape index (κ1) is 6.99. The van der Waals surface area contributed by atoms with Gasteiger partial charge in [0.05, 0.1) is 0 Å². The van der Waals surface area contributed by atoms with Crippen LogP contribution < -0.4 is 16.4 Å². The maximum Gasteiger partial charge on any atom is 0.120 e. The summed E-state index contributed by atoms with van der Waals surface area (Å²) in [4.78, 5) is 0. The van der Waals surface area contributed by atoms with E-state index in [1.165, 1.54) is 12.8 Å². The third kappa shape index (κ3) is 1.64. The van der Waals surface area contributed by atoms with E-state index in [1.54, 1.807) is 0 Å². The van der Waals surface area contributed by atoms with Crippen molar-refractivity contribution < 1.29 is 0 Å². The lowest BCUT2D eigenvalue weighted by molar-refractivity contribution is 0.222. The molecule has 0 aliphatic carbocycles. The van der Waals surface area contributed by atoms with Crippen LogP contribution in [0.3, 0.4) is 0 Å². The van der Waals surface area contributed by atoms with Gasteiger partial charge in [-0.3, -0.25) is 10.6 Å². The molecule has 4 N–H and O–H groups in total. The maximum atomic E-state index is 5.84. The number of hydrogen-bond donors (Lipinski definition) is 3. The fourth-order valence-electron chi connectivity index (χ4n) is 1.14. The van der Waals surface area contributed by atoms with Crippen LogP contribution in [0.15, 0.2) is 0 Å². The molecule has 0 aromatic carbocycles. The van der Waals surface area contributed by atoms with E-state index in [9.17, 15) is 0 Å². The van der Waals surface area contributed by atoms with Gasteiger partial charge in [-0.05, 0) is 32.9 Å².